The van der Waals surface area contributed by atoms with Crippen molar-refractivity contribution in [2.45, 2.75) is 39.7 Å². The van der Waals surface area contributed by atoms with Crippen LogP contribution in [0.25, 0.3) is 0 Å². The highest BCUT2D eigenvalue weighted by Gasteiger charge is 2.46. The first-order chi connectivity index (χ1) is 15.1. The van der Waals surface area contributed by atoms with Crippen LogP contribution in [0.15, 0.2) is 48.7 Å². The normalized spacial score (nSPS) is 15.0. The van der Waals surface area contributed by atoms with Gasteiger partial charge in [-0.15, -0.1) is 0 Å². The average molecular weight is 449 g/mol. The van der Waals surface area contributed by atoms with E-state index in [0.29, 0.717) is 29.5 Å². The maximum atomic E-state index is 11.4. The summed E-state index contributed by atoms with van der Waals surface area (Å²) in [5, 5.41) is 12.6. The van der Waals surface area contributed by atoms with Gasteiger partial charge in [0.2, 0.25) is 5.91 Å². The molecule has 0 atom stereocenters. The molecule has 1 aliphatic rings. The van der Waals surface area contributed by atoms with E-state index in [-0.39, 0.29) is 5.91 Å². The van der Waals surface area contributed by atoms with Gasteiger partial charge in [0.25, 0.3) is 0 Å². The van der Waals surface area contributed by atoms with Gasteiger partial charge >= 0.3 is 0 Å². The van der Waals surface area contributed by atoms with E-state index in [1.165, 1.54) is 0 Å². The Kier molecular flexibility index (Phi) is 6.56. The molecule has 0 radical (unpaired) electrons. The molecular weight excluding hydrogens is 420 g/mol. The first-order valence-corrected chi connectivity index (χ1v) is 10.8. The molecule has 2 aromatic rings. The fourth-order valence-electron chi connectivity index (χ4n) is 3.79. The van der Waals surface area contributed by atoms with Crippen LogP contribution in [0.4, 0.5) is 11.4 Å². The zero-order chi connectivity index (χ0) is 23.6. The second-order valence-corrected chi connectivity index (χ2v) is 8.58. The van der Waals surface area contributed by atoms with E-state index in [1.807, 2.05) is 55.1 Å². The molecule has 0 saturated carbocycles. The van der Waals surface area contributed by atoms with E-state index in [1.54, 1.807) is 7.05 Å². The number of benzene rings is 2. The Morgan fingerprint density at radius 3 is 2.44 bits per heavy atom. The topological polar surface area (TPSA) is 68.6 Å². The van der Waals surface area contributed by atoms with E-state index in [9.17, 15) is 10.1 Å². The Morgan fingerprint density at radius 2 is 1.84 bits per heavy atom. The van der Waals surface area contributed by atoms with Crippen molar-refractivity contribution in [1.82, 2.24) is 5.32 Å². The van der Waals surface area contributed by atoms with Gasteiger partial charge in [-0.25, -0.2) is 0 Å². The quantitative estimate of drug-likeness (QED) is 0.652. The summed E-state index contributed by atoms with van der Waals surface area (Å²) in [6.45, 7) is 12.8. The molecule has 32 heavy (non-hydrogen) atoms. The molecule has 6 nitrogen and oxygen atoms in total. The van der Waals surface area contributed by atoms with Crippen LogP contribution in [0.5, 0.6) is 5.75 Å². The summed E-state index contributed by atoms with van der Waals surface area (Å²) in [6.07, 6.45) is 0.305. The molecule has 0 unspecified atom stereocenters. The molecule has 2 aromatic carbocycles. The van der Waals surface area contributed by atoms with Crippen molar-refractivity contribution in [2.24, 2.45) is 0 Å². The monoisotopic (exact) mass is 448 g/mol. The minimum atomic E-state index is -0.451. The molecule has 3 rings (SSSR count). The number of hydrogen-bond donors (Lipinski definition) is 1. The van der Waals surface area contributed by atoms with Gasteiger partial charge in [0.15, 0.2) is 5.11 Å². The van der Waals surface area contributed by atoms with Gasteiger partial charge in [-0.1, -0.05) is 6.58 Å². The van der Waals surface area contributed by atoms with Gasteiger partial charge in [0.1, 0.15) is 5.75 Å². The Bertz CT molecular complexity index is 1120. The average Bonchev–Trinajstić information content (AvgIpc) is 2.94. The van der Waals surface area contributed by atoms with Crippen molar-refractivity contribution in [1.29, 1.82) is 5.26 Å². The van der Waals surface area contributed by atoms with Crippen LogP contribution in [0, 0.1) is 25.2 Å². The van der Waals surface area contributed by atoms with Crippen molar-refractivity contribution in [3.05, 3.63) is 65.4 Å². The Balaban J connectivity index is 1.88. The third kappa shape index (κ3) is 4.06. The molecular formula is C25H28N4O2S. The lowest BCUT2D eigenvalue weighted by Crippen LogP contribution is -2.41. The number of carbonyl (C=O) groups is 1. The molecule has 7 heteroatoms. The predicted molar refractivity (Wildman–Crippen MR) is 132 cm³/mol. The fraction of sp³-hybridized carbons (Fsp3) is 0.320. The van der Waals surface area contributed by atoms with E-state index < -0.39 is 5.54 Å². The number of anilines is 2. The van der Waals surface area contributed by atoms with E-state index >= 15 is 0 Å². The lowest BCUT2D eigenvalue weighted by Gasteiger charge is -2.31. The molecule has 0 aliphatic carbocycles. The minimum absolute atomic E-state index is 0.0577. The summed E-state index contributed by atoms with van der Waals surface area (Å²) in [5.41, 5.74) is 4.87. The van der Waals surface area contributed by atoms with Crippen molar-refractivity contribution >= 4 is 34.6 Å². The van der Waals surface area contributed by atoms with Crippen molar-refractivity contribution < 1.29 is 9.53 Å². The molecule has 0 bridgehead atoms. The first kappa shape index (κ1) is 23.3. The number of rotatable bonds is 6. The summed E-state index contributed by atoms with van der Waals surface area (Å²) < 4.78 is 5.67. The van der Waals surface area contributed by atoms with Gasteiger partial charge in [0, 0.05) is 18.4 Å². The van der Waals surface area contributed by atoms with E-state index in [2.05, 4.69) is 36.7 Å². The zero-order valence-corrected chi connectivity index (χ0v) is 20.0. The maximum absolute atomic E-state index is 11.4. The van der Waals surface area contributed by atoms with E-state index in [0.717, 1.165) is 28.2 Å². The van der Waals surface area contributed by atoms with Gasteiger partial charge in [-0.05, 0) is 87.4 Å². The van der Waals surface area contributed by atoms with Crippen LogP contribution in [0.1, 0.15) is 37.0 Å². The summed E-state index contributed by atoms with van der Waals surface area (Å²) in [6, 6.07) is 13.7. The molecule has 1 N–H and O–H groups in total. The Labute approximate surface area is 195 Å². The van der Waals surface area contributed by atoms with Crippen LogP contribution in [-0.2, 0) is 4.79 Å². The highest BCUT2D eigenvalue weighted by atomic mass is 32.1. The summed E-state index contributed by atoms with van der Waals surface area (Å²) in [5.74, 6) is 0.632. The lowest BCUT2D eigenvalue weighted by atomic mass is 9.98. The zero-order valence-electron chi connectivity index (χ0n) is 19.2. The molecule has 1 fully saturated rings. The Hall–Kier alpha value is -3.37. The first-order valence-electron chi connectivity index (χ1n) is 10.4. The fourth-order valence-corrected chi connectivity index (χ4v) is 4.33. The number of nitrogens with zero attached hydrogens (tertiary/aromatic N) is 3. The lowest BCUT2D eigenvalue weighted by molar-refractivity contribution is -0.121. The number of amides is 1. The number of thiocarbonyl (C=S) groups is 1. The highest BCUT2D eigenvalue weighted by molar-refractivity contribution is 7.80. The minimum Gasteiger partial charge on any atom is -0.493 e. The van der Waals surface area contributed by atoms with Crippen molar-refractivity contribution in [2.75, 3.05) is 23.5 Å². The smallest absolute Gasteiger partial charge is 0.223 e. The largest absolute Gasteiger partial charge is 0.493 e. The van der Waals surface area contributed by atoms with Gasteiger partial charge < -0.3 is 15.0 Å². The summed E-state index contributed by atoms with van der Waals surface area (Å²) in [7, 11) is 1.61. The summed E-state index contributed by atoms with van der Waals surface area (Å²) in [4.78, 5) is 15.4. The molecule has 1 saturated heterocycles. The second-order valence-electron chi connectivity index (χ2n) is 8.22. The molecule has 0 spiro atoms. The van der Waals surface area contributed by atoms with Crippen LogP contribution >= 0.6 is 12.2 Å². The van der Waals surface area contributed by atoms with Crippen LogP contribution in [-0.4, -0.2) is 30.2 Å². The third-order valence-corrected chi connectivity index (χ3v) is 6.37. The van der Waals surface area contributed by atoms with Crippen LogP contribution < -0.4 is 19.9 Å². The number of nitriles is 1. The van der Waals surface area contributed by atoms with Crippen LogP contribution in [0.2, 0.25) is 0 Å². The van der Waals surface area contributed by atoms with Crippen LogP contribution in [0.3, 0.4) is 0 Å². The van der Waals surface area contributed by atoms with Crippen molar-refractivity contribution in [3.8, 4) is 11.8 Å². The highest BCUT2D eigenvalue weighted by Crippen LogP contribution is 2.43. The molecule has 166 valence electrons. The number of carbonyl (C=O) groups excluding carboxylic acids is 1. The number of hydrogen-bond acceptors (Lipinski definition) is 4. The molecule has 1 heterocycles. The van der Waals surface area contributed by atoms with Crippen molar-refractivity contribution in [3.63, 3.8) is 0 Å². The third-order valence-electron chi connectivity index (χ3n) is 6.01. The standard InChI is InChI=1S/C25H28N4O2S/c1-16-17(2)22(12-7-19(16)15-26)28-18(3)25(4,5)29(24(28)32)20-8-10-21(11-9-20)31-14-13-23(30)27-6/h7-12H,3,13-14H2,1-2,4-6H3,(H,27,30). The number of nitrogens with one attached hydrogen (secondary N) is 1. The maximum Gasteiger partial charge on any atom is 0.223 e. The van der Waals surface area contributed by atoms with E-state index in [4.69, 9.17) is 17.0 Å². The second kappa shape index (κ2) is 9.01. The Morgan fingerprint density at radius 1 is 1.19 bits per heavy atom. The predicted octanol–water partition coefficient (Wildman–Crippen LogP) is 4.59. The molecule has 1 amide bonds. The number of ether oxygens (including phenoxy) is 1. The van der Waals surface area contributed by atoms with Gasteiger partial charge in [0.05, 0.1) is 35.9 Å². The SMILES string of the molecule is C=C1N(c2ccc(C#N)c(C)c2C)C(=S)N(c2ccc(OCCC(=O)NC)cc2)C1(C)C. The summed E-state index contributed by atoms with van der Waals surface area (Å²) >= 11 is 5.91. The van der Waals surface area contributed by atoms with Gasteiger partial charge in [-0.3, -0.25) is 9.69 Å². The molecule has 1 aliphatic heterocycles. The van der Waals surface area contributed by atoms with Gasteiger partial charge in [-0.2, -0.15) is 5.26 Å². The molecule has 0 aromatic heterocycles.